The molecule has 0 amide bonds. The van der Waals surface area contributed by atoms with E-state index in [1.54, 1.807) is 13.0 Å². The van der Waals surface area contributed by atoms with E-state index in [-0.39, 0.29) is 11.3 Å². The molecule has 1 saturated heterocycles. The van der Waals surface area contributed by atoms with Crippen LogP contribution in [0.2, 0.25) is 5.28 Å². The van der Waals surface area contributed by atoms with Crippen molar-refractivity contribution in [3.8, 4) is 0 Å². The largest absolute Gasteiger partial charge is 0.377 e. The van der Waals surface area contributed by atoms with Crippen LogP contribution in [0, 0.1) is 0 Å². The molecule has 136 valence electrons. The Bertz CT molecular complexity index is 685. The van der Waals surface area contributed by atoms with Gasteiger partial charge in [0.05, 0.1) is 31.2 Å². The first-order chi connectivity index (χ1) is 11.1. The lowest BCUT2D eigenvalue weighted by molar-refractivity contribution is 0.0805. The smallest absolute Gasteiger partial charge is 0.265 e. The molecule has 7 nitrogen and oxygen atoms in total. The van der Waals surface area contributed by atoms with Gasteiger partial charge in [-0.15, -0.1) is 0 Å². The second-order valence-electron chi connectivity index (χ2n) is 6.27. The van der Waals surface area contributed by atoms with Crippen LogP contribution in [0.15, 0.2) is 6.07 Å². The molecule has 1 unspecified atom stereocenters. The van der Waals surface area contributed by atoms with E-state index in [2.05, 4.69) is 14.9 Å². The highest BCUT2D eigenvalue weighted by Gasteiger charge is 2.34. The highest BCUT2D eigenvalue weighted by atomic mass is 35.5. The number of halogens is 1. The van der Waals surface area contributed by atoms with E-state index in [0.29, 0.717) is 37.7 Å². The topological polar surface area (TPSA) is 81.6 Å². The van der Waals surface area contributed by atoms with Gasteiger partial charge in [-0.2, -0.15) is 8.42 Å². The van der Waals surface area contributed by atoms with Gasteiger partial charge in [0.15, 0.2) is 0 Å². The maximum atomic E-state index is 11.7. The van der Waals surface area contributed by atoms with Gasteiger partial charge in [-0.3, -0.25) is 4.18 Å². The summed E-state index contributed by atoms with van der Waals surface area (Å²) in [5, 5.41) is 0.0700. The van der Waals surface area contributed by atoms with Crippen LogP contribution in [0.5, 0.6) is 0 Å². The van der Waals surface area contributed by atoms with E-state index < -0.39 is 15.7 Å². The number of rotatable bonds is 6. The Morgan fingerprint density at radius 2 is 2.21 bits per heavy atom. The fraction of sp³-hybridized carbons (Fsp3) is 0.733. The minimum atomic E-state index is -3.65. The van der Waals surface area contributed by atoms with Gasteiger partial charge in [0.25, 0.3) is 10.1 Å². The summed E-state index contributed by atoms with van der Waals surface area (Å²) in [5.74, 6) is 0.653. The van der Waals surface area contributed by atoms with Crippen molar-refractivity contribution in [2.45, 2.75) is 45.3 Å². The molecule has 0 aromatic carbocycles. The Morgan fingerprint density at radius 1 is 1.50 bits per heavy atom. The van der Waals surface area contributed by atoms with Crippen molar-refractivity contribution in [2.24, 2.45) is 0 Å². The first kappa shape index (κ1) is 19.4. The normalized spacial score (nSPS) is 21.5. The molecular formula is C15H24ClN3O4S. The fourth-order valence-corrected chi connectivity index (χ4v) is 3.93. The molecular weight excluding hydrogens is 354 g/mol. The van der Waals surface area contributed by atoms with E-state index in [9.17, 15) is 8.42 Å². The van der Waals surface area contributed by atoms with Crippen LogP contribution >= 0.6 is 11.6 Å². The van der Waals surface area contributed by atoms with Crippen LogP contribution in [0.4, 0.5) is 5.82 Å². The quantitative estimate of drug-likeness (QED) is 0.555. The zero-order chi connectivity index (χ0) is 18.0. The van der Waals surface area contributed by atoms with Crippen molar-refractivity contribution in [3.05, 3.63) is 17.0 Å². The van der Waals surface area contributed by atoms with Gasteiger partial charge in [0.2, 0.25) is 5.28 Å². The zero-order valence-corrected chi connectivity index (χ0v) is 16.0. The highest BCUT2D eigenvalue weighted by molar-refractivity contribution is 7.86. The van der Waals surface area contributed by atoms with Gasteiger partial charge in [-0.1, -0.05) is 13.3 Å². The molecule has 0 spiro atoms. The van der Waals surface area contributed by atoms with Crippen LogP contribution in [-0.2, 0) is 24.6 Å². The Kier molecular flexibility index (Phi) is 6.06. The Hall–Kier alpha value is -0.960. The van der Waals surface area contributed by atoms with Crippen molar-refractivity contribution in [1.82, 2.24) is 9.97 Å². The van der Waals surface area contributed by atoms with Crippen LogP contribution in [0.1, 0.15) is 39.3 Å². The predicted octanol–water partition coefficient (Wildman–Crippen LogP) is 2.35. The van der Waals surface area contributed by atoms with Gasteiger partial charge in [-0.25, -0.2) is 9.97 Å². The molecule has 0 saturated carbocycles. The van der Waals surface area contributed by atoms with Crippen molar-refractivity contribution in [2.75, 3.05) is 30.9 Å². The molecule has 1 fully saturated rings. The molecule has 2 atom stereocenters. The van der Waals surface area contributed by atoms with Crippen molar-refractivity contribution < 1.29 is 17.3 Å². The number of hydrogen-bond donors (Lipinski definition) is 0. The van der Waals surface area contributed by atoms with Crippen LogP contribution < -0.4 is 4.90 Å². The molecule has 24 heavy (non-hydrogen) atoms. The van der Waals surface area contributed by atoms with E-state index in [0.717, 1.165) is 12.7 Å². The van der Waals surface area contributed by atoms with E-state index in [4.69, 9.17) is 20.5 Å². The Labute approximate surface area is 148 Å². The molecule has 0 aliphatic carbocycles. The van der Waals surface area contributed by atoms with Gasteiger partial charge >= 0.3 is 0 Å². The minimum Gasteiger partial charge on any atom is -0.377 e. The average Bonchev–Trinajstić information content (AvgIpc) is 2.45. The summed E-state index contributed by atoms with van der Waals surface area (Å²) in [4.78, 5) is 10.6. The molecule has 0 N–H and O–H groups in total. The average molecular weight is 378 g/mol. The van der Waals surface area contributed by atoms with Gasteiger partial charge < -0.3 is 9.64 Å². The fourth-order valence-electron chi connectivity index (χ4n) is 2.91. The molecule has 9 heteroatoms. The molecule has 1 aliphatic heterocycles. The Morgan fingerprint density at radius 3 is 2.79 bits per heavy atom. The lowest BCUT2D eigenvalue weighted by atomic mass is 9.96. The molecule has 2 heterocycles. The number of nitrogens with zero attached hydrogens (tertiary/aromatic N) is 3. The van der Waals surface area contributed by atoms with Gasteiger partial charge in [-0.05, 0) is 31.9 Å². The number of aromatic nitrogens is 2. The molecule has 1 aliphatic rings. The summed E-state index contributed by atoms with van der Waals surface area (Å²) in [6.45, 7) is 7.59. The van der Waals surface area contributed by atoms with Crippen molar-refractivity contribution in [1.29, 1.82) is 0 Å². The maximum Gasteiger partial charge on any atom is 0.265 e. The standard InChI is InChI=1S/C15H24ClN3O4S/c1-5-6-15(3,23-24(4,20)21)12-9-13(18-14(16)17-12)19-7-8-22-10-11(19)2/h9,11H,5-8,10H2,1-4H3/t11-,15?/m0/s1. The first-order valence-electron chi connectivity index (χ1n) is 7.94. The van der Waals surface area contributed by atoms with Gasteiger partial charge in [0, 0.05) is 12.6 Å². The summed E-state index contributed by atoms with van der Waals surface area (Å²) in [6, 6.07) is 1.90. The SMILES string of the molecule is CCCC(C)(OS(C)(=O)=O)c1cc(N2CCOC[C@@H]2C)nc(Cl)n1. The summed E-state index contributed by atoms with van der Waals surface area (Å²) in [5.41, 5.74) is -0.623. The number of anilines is 1. The van der Waals surface area contributed by atoms with Gasteiger partial charge in [0.1, 0.15) is 11.4 Å². The summed E-state index contributed by atoms with van der Waals surface area (Å²) < 4.78 is 34.2. The second-order valence-corrected chi connectivity index (χ2v) is 8.18. The Balaban J connectivity index is 2.44. The second kappa shape index (κ2) is 7.51. The minimum absolute atomic E-state index is 0.0700. The molecule has 1 aromatic rings. The van der Waals surface area contributed by atoms with Crippen molar-refractivity contribution in [3.63, 3.8) is 0 Å². The highest BCUT2D eigenvalue weighted by Crippen LogP contribution is 2.33. The molecule has 0 radical (unpaired) electrons. The summed E-state index contributed by atoms with van der Waals surface area (Å²) in [6.07, 6.45) is 2.26. The molecule has 2 rings (SSSR count). The molecule has 1 aromatic heterocycles. The lowest BCUT2D eigenvalue weighted by Gasteiger charge is -2.35. The predicted molar refractivity (Wildman–Crippen MR) is 92.9 cm³/mol. The van der Waals surface area contributed by atoms with Crippen LogP contribution in [0.3, 0.4) is 0 Å². The third kappa shape index (κ3) is 4.78. The van der Waals surface area contributed by atoms with E-state index in [1.165, 1.54) is 0 Å². The van der Waals surface area contributed by atoms with E-state index in [1.807, 2.05) is 13.8 Å². The number of morpholine rings is 1. The lowest BCUT2D eigenvalue weighted by Crippen LogP contribution is -2.44. The van der Waals surface area contributed by atoms with E-state index >= 15 is 0 Å². The van der Waals surface area contributed by atoms with Crippen LogP contribution in [0.25, 0.3) is 0 Å². The monoisotopic (exact) mass is 377 g/mol. The first-order valence-corrected chi connectivity index (χ1v) is 10.1. The summed E-state index contributed by atoms with van der Waals surface area (Å²) >= 11 is 6.11. The van der Waals surface area contributed by atoms with Crippen molar-refractivity contribution >= 4 is 27.5 Å². The summed E-state index contributed by atoms with van der Waals surface area (Å²) in [7, 11) is -3.65. The number of hydrogen-bond acceptors (Lipinski definition) is 7. The molecule has 0 bridgehead atoms. The zero-order valence-electron chi connectivity index (χ0n) is 14.5. The van der Waals surface area contributed by atoms with Crippen LogP contribution in [-0.4, -0.2) is 50.4 Å². The third-order valence-electron chi connectivity index (χ3n) is 3.95. The maximum absolute atomic E-state index is 11.7. The number of ether oxygens (including phenoxy) is 1. The third-order valence-corrected chi connectivity index (χ3v) is 4.79.